The van der Waals surface area contributed by atoms with Crippen molar-refractivity contribution in [2.24, 2.45) is 0 Å². The fraction of sp³-hybridized carbons (Fsp3) is 0.611. The molecule has 1 atom stereocenters. The number of ether oxygens (including phenoxy) is 3. The number of allylic oxidation sites excluding steroid dienone is 18. The Labute approximate surface area is 368 Å². The molecule has 338 valence electrons. The van der Waals surface area contributed by atoms with Crippen LogP contribution in [0, 0.1) is 0 Å². The SMILES string of the molecule is CC/C=C\C/C=C\C/C=C\C/C=C\CCCCC(=O)OCC(COC(=O)CC/C=C\C/C=C\C/C=C\C/C=C\CC)OC(=O)CCCCCCC/C=C\CCCCCCC. The second kappa shape index (κ2) is 47.7. The summed E-state index contributed by atoms with van der Waals surface area (Å²) in [6.07, 6.45) is 63.7. The van der Waals surface area contributed by atoms with Gasteiger partial charge in [-0.05, 0) is 109 Å². The van der Waals surface area contributed by atoms with Gasteiger partial charge in [-0.15, -0.1) is 0 Å². The Balaban J connectivity index is 4.58. The third-order valence-electron chi connectivity index (χ3n) is 9.51. The molecule has 0 bridgehead atoms. The van der Waals surface area contributed by atoms with Crippen LogP contribution in [-0.2, 0) is 28.6 Å². The predicted molar refractivity (Wildman–Crippen MR) is 256 cm³/mol. The molecule has 0 saturated heterocycles. The van der Waals surface area contributed by atoms with Crippen molar-refractivity contribution in [3.63, 3.8) is 0 Å². The lowest BCUT2D eigenvalue weighted by Gasteiger charge is -2.18. The summed E-state index contributed by atoms with van der Waals surface area (Å²) >= 11 is 0. The predicted octanol–water partition coefficient (Wildman–Crippen LogP) is 15.6. The summed E-state index contributed by atoms with van der Waals surface area (Å²) in [6, 6.07) is 0. The standard InChI is InChI=1S/C54H86O6/c1-4-7-10-13-16-19-22-25-27-30-32-35-38-41-44-47-53(56)59-50-51(49-58-52(55)46-43-40-37-34-31-28-24-21-18-15-12-9-6-3)60-54(57)48-45-42-39-36-33-29-26-23-20-17-14-11-8-5-2/h7,9-10,12,16,18-19,21,23,25-28,31-32,35,37,40,51H,4-6,8,11,13-15,17,20,22,24,29-30,33-34,36,38-39,41-50H2,1-3H3/b10-7-,12-9-,19-16-,21-18-,26-23-,27-25-,31-28-,35-32-,40-37-. The second-order valence-electron chi connectivity index (χ2n) is 15.2. The Bertz CT molecular complexity index is 1280. The molecule has 0 aromatic carbocycles. The van der Waals surface area contributed by atoms with Gasteiger partial charge in [0.05, 0.1) is 0 Å². The molecule has 0 aliphatic carbocycles. The fourth-order valence-corrected chi connectivity index (χ4v) is 5.97. The molecule has 0 fully saturated rings. The number of hydrogen-bond donors (Lipinski definition) is 0. The molecule has 6 nitrogen and oxygen atoms in total. The number of carbonyl (C=O) groups is 3. The van der Waals surface area contributed by atoms with Crippen LogP contribution in [0.15, 0.2) is 109 Å². The van der Waals surface area contributed by atoms with Crippen LogP contribution in [-0.4, -0.2) is 37.2 Å². The van der Waals surface area contributed by atoms with Gasteiger partial charge in [0.1, 0.15) is 13.2 Å². The first-order valence-corrected chi connectivity index (χ1v) is 23.9. The number of carbonyl (C=O) groups excluding carboxylic acids is 3. The number of hydrogen-bond acceptors (Lipinski definition) is 6. The molecule has 0 aromatic rings. The van der Waals surface area contributed by atoms with E-state index in [0.29, 0.717) is 19.3 Å². The lowest BCUT2D eigenvalue weighted by Crippen LogP contribution is -2.30. The van der Waals surface area contributed by atoms with Crippen LogP contribution < -0.4 is 0 Å². The van der Waals surface area contributed by atoms with E-state index in [9.17, 15) is 14.4 Å². The van der Waals surface area contributed by atoms with Crippen molar-refractivity contribution in [2.75, 3.05) is 13.2 Å². The average molecular weight is 831 g/mol. The van der Waals surface area contributed by atoms with Crippen LogP contribution in [0.4, 0.5) is 0 Å². The molecule has 0 N–H and O–H groups in total. The maximum absolute atomic E-state index is 12.7. The van der Waals surface area contributed by atoms with Gasteiger partial charge in [0, 0.05) is 19.3 Å². The molecule has 0 spiro atoms. The zero-order chi connectivity index (χ0) is 43.7. The van der Waals surface area contributed by atoms with Crippen LogP contribution in [0.2, 0.25) is 0 Å². The van der Waals surface area contributed by atoms with Gasteiger partial charge in [0.2, 0.25) is 0 Å². The zero-order valence-corrected chi connectivity index (χ0v) is 38.4. The molecular formula is C54H86O6. The minimum absolute atomic E-state index is 0.127. The van der Waals surface area contributed by atoms with Gasteiger partial charge in [-0.25, -0.2) is 0 Å². The van der Waals surface area contributed by atoms with Crippen molar-refractivity contribution >= 4 is 17.9 Å². The van der Waals surface area contributed by atoms with E-state index in [2.05, 4.69) is 118 Å². The van der Waals surface area contributed by atoms with Crippen LogP contribution in [0.25, 0.3) is 0 Å². The lowest BCUT2D eigenvalue weighted by atomic mass is 10.1. The summed E-state index contributed by atoms with van der Waals surface area (Å²) in [7, 11) is 0. The van der Waals surface area contributed by atoms with Crippen LogP contribution in [0.1, 0.15) is 194 Å². The van der Waals surface area contributed by atoms with Crippen molar-refractivity contribution in [3.05, 3.63) is 109 Å². The van der Waals surface area contributed by atoms with E-state index in [4.69, 9.17) is 14.2 Å². The summed E-state index contributed by atoms with van der Waals surface area (Å²) < 4.78 is 16.6. The minimum Gasteiger partial charge on any atom is -0.462 e. The molecule has 0 aliphatic heterocycles. The Morgan fingerprint density at radius 3 is 1.17 bits per heavy atom. The van der Waals surface area contributed by atoms with Crippen LogP contribution in [0.3, 0.4) is 0 Å². The highest BCUT2D eigenvalue weighted by Gasteiger charge is 2.19. The highest BCUT2D eigenvalue weighted by molar-refractivity contribution is 5.71. The topological polar surface area (TPSA) is 78.9 Å². The smallest absolute Gasteiger partial charge is 0.306 e. The monoisotopic (exact) mass is 831 g/mol. The molecule has 0 heterocycles. The van der Waals surface area contributed by atoms with Crippen molar-refractivity contribution in [1.82, 2.24) is 0 Å². The Hall–Kier alpha value is -3.93. The van der Waals surface area contributed by atoms with Gasteiger partial charge in [-0.1, -0.05) is 175 Å². The molecular weight excluding hydrogens is 745 g/mol. The molecule has 0 saturated carbocycles. The quantitative estimate of drug-likeness (QED) is 0.0264. The van der Waals surface area contributed by atoms with Crippen molar-refractivity contribution in [1.29, 1.82) is 0 Å². The Morgan fingerprint density at radius 1 is 0.350 bits per heavy atom. The largest absolute Gasteiger partial charge is 0.462 e. The van der Waals surface area contributed by atoms with E-state index in [1.807, 2.05) is 12.2 Å². The number of rotatable bonds is 41. The molecule has 0 amide bonds. The lowest BCUT2D eigenvalue weighted by molar-refractivity contribution is -0.166. The van der Waals surface area contributed by atoms with Gasteiger partial charge >= 0.3 is 17.9 Å². The van der Waals surface area contributed by atoms with E-state index in [1.165, 1.54) is 44.9 Å². The van der Waals surface area contributed by atoms with Gasteiger partial charge in [0.25, 0.3) is 0 Å². The highest BCUT2D eigenvalue weighted by atomic mass is 16.6. The van der Waals surface area contributed by atoms with E-state index >= 15 is 0 Å². The van der Waals surface area contributed by atoms with E-state index in [1.54, 1.807) is 0 Å². The first kappa shape index (κ1) is 56.1. The third kappa shape index (κ3) is 45.2. The molecule has 0 rings (SSSR count). The first-order valence-electron chi connectivity index (χ1n) is 23.9. The van der Waals surface area contributed by atoms with E-state index in [-0.39, 0.29) is 44.0 Å². The molecule has 0 aliphatic rings. The summed E-state index contributed by atoms with van der Waals surface area (Å²) in [6.45, 7) is 6.26. The fourth-order valence-electron chi connectivity index (χ4n) is 5.97. The minimum atomic E-state index is -0.828. The Kier molecular flexibility index (Phi) is 44.6. The summed E-state index contributed by atoms with van der Waals surface area (Å²) in [5.41, 5.74) is 0. The third-order valence-corrected chi connectivity index (χ3v) is 9.51. The summed E-state index contributed by atoms with van der Waals surface area (Å²) in [5.74, 6) is -1.07. The highest BCUT2D eigenvalue weighted by Crippen LogP contribution is 2.12. The maximum Gasteiger partial charge on any atom is 0.306 e. The zero-order valence-electron chi connectivity index (χ0n) is 38.4. The van der Waals surface area contributed by atoms with Gasteiger partial charge < -0.3 is 14.2 Å². The number of esters is 3. The summed E-state index contributed by atoms with van der Waals surface area (Å²) in [5, 5.41) is 0. The van der Waals surface area contributed by atoms with E-state index < -0.39 is 6.10 Å². The molecule has 1 unspecified atom stereocenters. The van der Waals surface area contributed by atoms with Crippen molar-refractivity contribution in [3.8, 4) is 0 Å². The number of unbranched alkanes of at least 4 members (excludes halogenated alkanes) is 12. The van der Waals surface area contributed by atoms with E-state index in [0.717, 1.165) is 96.3 Å². The molecule has 0 aromatic heterocycles. The normalized spacial score (nSPS) is 13.1. The maximum atomic E-state index is 12.7. The molecule has 0 radical (unpaired) electrons. The molecule has 6 heteroatoms. The van der Waals surface area contributed by atoms with Crippen LogP contribution in [0.5, 0.6) is 0 Å². The van der Waals surface area contributed by atoms with Gasteiger partial charge in [0.15, 0.2) is 6.10 Å². The first-order chi connectivity index (χ1) is 29.5. The molecule has 60 heavy (non-hydrogen) atoms. The summed E-state index contributed by atoms with van der Waals surface area (Å²) in [4.78, 5) is 37.8. The average Bonchev–Trinajstić information content (AvgIpc) is 3.24. The van der Waals surface area contributed by atoms with Crippen molar-refractivity contribution in [2.45, 2.75) is 200 Å². The van der Waals surface area contributed by atoms with Crippen molar-refractivity contribution < 1.29 is 28.6 Å². The van der Waals surface area contributed by atoms with Gasteiger partial charge in [-0.3, -0.25) is 14.4 Å². The van der Waals surface area contributed by atoms with Crippen LogP contribution >= 0.6 is 0 Å². The second-order valence-corrected chi connectivity index (χ2v) is 15.2. The van der Waals surface area contributed by atoms with Gasteiger partial charge in [-0.2, -0.15) is 0 Å². The Morgan fingerprint density at radius 2 is 0.683 bits per heavy atom.